The molecule has 5 nitrogen and oxygen atoms in total. The second kappa shape index (κ2) is 6.79. The number of hydrogen-bond donors (Lipinski definition) is 1. The second-order valence-electron chi connectivity index (χ2n) is 6.94. The Hall–Kier alpha value is -1.75. The van der Waals surface area contributed by atoms with Crippen LogP contribution >= 0.6 is 0 Å². The van der Waals surface area contributed by atoms with Gasteiger partial charge in [0.25, 0.3) is 0 Å². The molecule has 23 heavy (non-hydrogen) atoms. The van der Waals surface area contributed by atoms with Crippen LogP contribution in [0.4, 0.5) is 0 Å². The van der Waals surface area contributed by atoms with E-state index >= 15 is 0 Å². The molecule has 0 radical (unpaired) electrons. The monoisotopic (exact) mass is 313 g/mol. The number of benzene rings is 1. The fourth-order valence-electron chi connectivity index (χ4n) is 3.44. The third kappa shape index (κ3) is 3.29. The maximum absolute atomic E-state index is 4.43. The Morgan fingerprint density at radius 2 is 1.91 bits per heavy atom. The zero-order valence-corrected chi connectivity index (χ0v) is 14.4. The van der Waals surface area contributed by atoms with Gasteiger partial charge in [0.15, 0.2) is 5.82 Å². The molecule has 0 saturated heterocycles. The van der Waals surface area contributed by atoms with Gasteiger partial charge in [0, 0.05) is 0 Å². The van der Waals surface area contributed by atoms with E-state index in [0.717, 1.165) is 43.2 Å². The SMILES string of the molecule is CCCNC1(c2nnnn2-c2ccc(C)cc2)CCC(C)CC1. The quantitative estimate of drug-likeness (QED) is 0.919. The molecule has 0 bridgehead atoms. The summed E-state index contributed by atoms with van der Waals surface area (Å²) >= 11 is 0. The van der Waals surface area contributed by atoms with Crippen molar-refractivity contribution in [2.75, 3.05) is 6.54 Å². The fraction of sp³-hybridized carbons (Fsp3) is 0.611. The first-order valence-electron chi connectivity index (χ1n) is 8.75. The molecule has 1 saturated carbocycles. The lowest BCUT2D eigenvalue weighted by atomic mass is 9.76. The summed E-state index contributed by atoms with van der Waals surface area (Å²) in [5, 5.41) is 16.5. The van der Waals surface area contributed by atoms with Crippen molar-refractivity contribution in [1.29, 1.82) is 0 Å². The molecule has 0 amide bonds. The van der Waals surface area contributed by atoms with Crippen molar-refractivity contribution in [3.63, 3.8) is 0 Å². The number of hydrogen-bond acceptors (Lipinski definition) is 4. The number of aromatic nitrogens is 4. The Morgan fingerprint density at radius 3 is 2.57 bits per heavy atom. The van der Waals surface area contributed by atoms with Crippen LogP contribution < -0.4 is 5.32 Å². The molecular weight excluding hydrogens is 286 g/mol. The molecule has 5 heteroatoms. The average molecular weight is 313 g/mol. The molecular formula is C18H27N5. The van der Waals surface area contributed by atoms with Crippen LogP contribution in [0.2, 0.25) is 0 Å². The van der Waals surface area contributed by atoms with Gasteiger partial charge in [-0.3, -0.25) is 0 Å². The van der Waals surface area contributed by atoms with Crippen molar-refractivity contribution in [2.24, 2.45) is 5.92 Å². The normalized spacial score (nSPS) is 24.7. The molecule has 0 aliphatic heterocycles. The van der Waals surface area contributed by atoms with Crippen molar-refractivity contribution >= 4 is 0 Å². The Bertz CT molecular complexity index is 618. The first-order chi connectivity index (χ1) is 11.1. The molecule has 0 unspecified atom stereocenters. The predicted octanol–water partition coefficient (Wildman–Crippen LogP) is 3.38. The van der Waals surface area contributed by atoms with Crippen molar-refractivity contribution < 1.29 is 0 Å². The summed E-state index contributed by atoms with van der Waals surface area (Å²) in [7, 11) is 0. The molecule has 0 atom stereocenters. The van der Waals surface area contributed by atoms with Crippen LogP contribution in [0.5, 0.6) is 0 Å². The summed E-state index contributed by atoms with van der Waals surface area (Å²) in [5.41, 5.74) is 2.18. The highest BCUT2D eigenvalue weighted by atomic mass is 15.6. The molecule has 3 rings (SSSR count). The molecule has 124 valence electrons. The summed E-state index contributed by atoms with van der Waals surface area (Å²) in [6.45, 7) is 7.63. The van der Waals surface area contributed by atoms with E-state index in [2.05, 4.69) is 65.9 Å². The number of nitrogens with one attached hydrogen (secondary N) is 1. The second-order valence-corrected chi connectivity index (χ2v) is 6.94. The Morgan fingerprint density at radius 1 is 1.22 bits per heavy atom. The van der Waals surface area contributed by atoms with Crippen LogP contribution in [-0.4, -0.2) is 26.8 Å². The number of rotatable bonds is 5. The minimum Gasteiger partial charge on any atom is -0.305 e. The number of aryl methyl sites for hydroxylation is 1. The largest absolute Gasteiger partial charge is 0.305 e. The van der Waals surface area contributed by atoms with Gasteiger partial charge in [-0.25, -0.2) is 0 Å². The first kappa shape index (κ1) is 16.1. The maximum Gasteiger partial charge on any atom is 0.176 e. The van der Waals surface area contributed by atoms with E-state index in [1.54, 1.807) is 0 Å². The zero-order chi connectivity index (χ0) is 16.3. The molecule has 0 spiro atoms. The zero-order valence-electron chi connectivity index (χ0n) is 14.4. The van der Waals surface area contributed by atoms with Crippen molar-refractivity contribution in [1.82, 2.24) is 25.5 Å². The third-order valence-electron chi connectivity index (χ3n) is 5.02. The van der Waals surface area contributed by atoms with Crippen molar-refractivity contribution in [3.8, 4) is 5.69 Å². The van der Waals surface area contributed by atoms with E-state index in [-0.39, 0.29) is 5.54 Å². The fourth-order valence-corrected chi connectivity index (χ4v) is 3.44. The highest BCUT2D eigenvalue weighted by Crippen LogP contribution is 2.39. The Balaban J connectivity index is 1.97. The van der Waals surface area contributed by atoms with Crippen LogP contribution in [0.25, 0.3) is 5.69 Å². The van der Waals surface area contributed by atoms with Gasteiger partial charge in [-0.1, -0.05) is 31.5 Å². The van der Waals surface area contributed by atoms with E-state index in [1.165, 1.54) is 18.4 Å². The first-order valence-corrected chi connectivity index (χ1v) is 8.75. The summed E-state index contributed by atoms with van der Waals surface area (Å²) in [6.07, 6.45) is 5.75. The van der Waals surface area contributed by atoms with Crippen molar-refractivity contribution in [2.45, 2.75) is 58.4 Å². The molecule has 1 aromatic carbocycles. The minimum absolute atomic E-state index is 0.100. The standard InChI is InChI=1S/C18H27N5/c1-4-13-19-18(11-9-15(3)10-12-18)17-20-21-22-23(17)16-7-5-14(2)6-8-16/h5-8,15,19H,4,9-13H2,1-3H3. The van der Waals surface area contributed by atoms with E-state index < -0.39 is 0 Å². The molecule has 1 fully saturated rings. The van der Waals surface area contributed by atoms with Gasteiger partial charge in [0.05, 0.1) is 11.2 Å². The Kier molecular flexibility index (Phi) is 4.76. The van der Waals surface area contributed by atoms with Crippen molar-refractivity contribution in [3.05, 3.63) is 35.7 Å². The lowest BCUT2D eigenvalue weighted by Gasteiger charge is -2.39. The average Bonchev–Trinajstić information content (AvgIpc) is 3.06. The van der Waals surface area contributed by atoms with Gasteiger partial charge in [-0.05, 0) is 74.1 Å². The van der Waals surface area contributed by atoms with E-state index in [1.807, 2.05) is 4.68 Å². The van der Waals surface area contributed by atoms with Gasteiger partial charge in [0.2, 0.25) is 0 Å². The molecule has 1 heterocycles. The molecule has 1 N–H and O–H groups in total. The van der Waals surface area contributed by atoms with Crippen LogP contribution in [0.15, 0.2) is 24.3 Å². The molecule has 1 aliphatic carbocycles. The third-order valence-corrected chi connectivity index (χ3v) is 5.02. The van der Waals surface area contributed by atoms with Gasteiger partial charge in [-0.15, -0.1) is 5.10 Å². The lowest BCUT2D eigenvalue weighted by Crippen LogP contribution is -2.47. The summed E-state index contributed by atoms with van der Waals surface area (Å²) in [6, 6.07) is 8.40. The van der Waals surface area contributed by atoms with Crippen LogP contribution in [0.3, 0.4) is 0 Å². The lowest BCUT2D eigenvalue weighted by molar-refractivity contribution is 0.183. The summed E-state index contributed by atoms with van der Waals surface area (Å²) in [4.78, 5) is 0. The molecule has 2 aromatic rings. The van der Waals surface area contributed by atoms with Gasteiger partial charge in [-0.2, -0.15) is 4.68 Å². The topological polar surface area (TPSA) is 55.6 Å². The van der Waals surface area contributed by atoms with E-state index in [4.69, 9.17) is 0 Å². The van der Waals surface area contributed by atoms with Gasteiger partial charge >= 0.3 is 0 Å². The smallest absolute Gasteiger partial charge is 0.176 e. The minimum atomic E-state index is -0.100. The molecule has 1 aromatic heterocycles. The van der Waals surface area contributed by atoms with Gasteiger partial charge < -0.3 is 5.32 Å². The number of nitrogens with zero attached hydrogens (tertiary/aromatic N) is 4. The van der Waals surface area contributed by atoms with Crippen LogP contribution in [0, 0.1) is 12.8 Å². The van der Waals surface area contributed by atoms with E-state index in [0.29, 0.717) is 0 Å². The summed E-state index contributed by atoms with van der Waals surface area (Å²) in [5.74, 6) is 1.75. The highest BCUT2D eigenvalue weighted by Gasteiger charge is 2.40. The van der Waals surface area contributed by atoms with E-state index in [9.17, 15) is 0 Å². The predicted molar refractivity (Wildman–Crippen MR) is 91.5 cm³/mol. The summed E-state index contributed by atoms with van der Waals surface area (Å²) < 4.78 is 1.91. The van der Waals surface area contributed by atoms with Crippen LogP contribution in [0.1, 0.15) is 57.3 Å². The number of tetrazole rings is 1. The van der Waals surface area contributed by atoms with Gasteiger partial charge in [0.1, 0.15) is 0 Å². The Labute approximate surface area is 138 Å². The highest BCUT2D eigenvalue weighted by molar-refractivity contribution is 5.34. The molecule has 1 aliphatic rings. The van der Waals surface area contributed by atoms with Crippen LogP contribution in [-0.2, 0) is 5.54 Å². The maximum atomic E-state index is 4.43.